The number of hydrogen-bond donors (Lipinski definition) is 1. The molecule has 2 aromatic rings. The second kappa shape index (κ2) is 9.07. The molecule has 1 unspecified atom stereocenters. The van der Waals surface area contributed by atoms with Crippen molar-refractivity contribution in [2.75, 3.05) is 0 Å². The molecule has 2 aromatic heterocycles. The molecule has 164 valence electrons. The van der Waals surface area contributed by atoms with Gasteiger partial charge in [0.2, 0.25) is 5.88 Å². The quantitative estimate of drug-likeness (QED) is 0.362. The van der Waals surface area contributed by atoms with Gasteiger partial charge in [-0.25, -0.2) is 4.98 Å². The lowest BCUT2D eigenvalue weighted by molar-refractivity contribution is -0.173. The first-order valence-electron chi connectivity index (χ1n) is 9.27. The minimum absolute atomic E-state index is 0.165. The van der Waals surface area contributed by atoms with Crippen LogP contribution in [0.5, 0.6) is 5.88 Å². The fourth-order valence-corrected chi connectivity index (χ4v) is 2.72. The maximum absolute atomic E-state index is 12.8. The van der Waals surface area contributed by atoms with Crippen molar-refractivity contribution in [2.45, 2.75) is 59.4 Å². The number of aromatic amines is 1. The highest BCUT2D eigenvalue weighted by molar-refractivity contribution is 6.31. The van der Waals surface area contributed by atoms with E-state index in [0.717, 1.165) is 11.8 Å². The van der Waals surface area contributed by atoms with E-state index in [2.05, 4.69) is 15.1 Å². The van der Waals surface area contributed by atoms with Crippen LogP contribution in [0.25, 0.3) is 0 Å². The van der Waals surface area contributed by atoms with Crippen molar-refractivity contribution in [1.29, 1.82) is 0 Å². The molecule has 0 aliphatic carbocycles. The summed E-state index contributed by atoms with van der Waals surface area (Å²) >= 11 is 5.89. The first-order chi connectivity index (χ1) is 13.9. The van der Waals surface area contributed by atoms with E-state index in [1.54, 1.807) is 13.8 Å². The number of nitrogens with one attached hydrogen (secondary N) is 1. The van der Waals surface area contributed by atoms with Crippen LogP contribution < -0.4 is 10.2 Å². The summed E-state index contributed by atoms with van der Waals surface area (Å²) in [6, 6.07) is 0.728. The summed E-state index contributed by atoms with van der Waals surface area (Å²) in [7, 11) is 0. The molecule has 0 aliphatic rings. The number of halogens is 4. The van der Waals surface area contributed by atoms with E-state index in [-0.39, 0.29) is 22.8 Å². The molecule has 30 heavy (non-hydrogen) atoms. The molecule has 0 radical (unpaired) electrons. The van der Waals surface area contributed by atoms with Gasteiger partial charge in [-0.1, -0.05) is 30.6 Å². The monoisotopic (exact) mass is 445 g/mol. The van der Waals surface area contributed by atoms with Gasteiger partial charge < -0.3 is 14.6 Å². The fourth-order valence-electron chi connectivity index (χ4n) is 2.52. The number of rotatable bonds is 7. The number of oxime groups is 1. The van der Waals surface area contributed by atoms with Gasteiger partial charge in [-0.2, -0.15) is 13.2 Å². The highest BCUT2D eigenvalue weighted by Crippen LogP contribution is 2.34. The molecule has 0 amide bonds. The molecule has 0 fully saturated rings. The largest absolute Gasteiger partial charge is 0.432 e. The maximum atomic E-state index is 12.8. The van der Waals surface area contributed by atoms with Crippen LogP contribution >= 0.6 is 11.6 Å². The average molecular weight is 446 g/mol. The molecule has 0 saturated heterocycles. The number of aryl methyl sites for hydroxylation is 2. The predicted octanol–water partition coefficient (Wildman–Crippen LogP) is 5.18. The second-order valence-electron chi connectivity index (χ2n) is 6.87. The number of nitrogens with zero attached hydrogens (tertiary/aromatic N) is 2. The third-order valence-corrected chi connectivity index (χ3v) is 4.95. The topological polar surface area (TPSA) is 76.6 Å². The molecule has 0 aliphatic heterocycles. The molecular formula is C20H23ClF3N3O3. The third-order valence-electron chi connectivity index (χ3n) is 4.68. The molecule has 2 rings (SSSR count). The van der Waals surface area contributed by atoms with E-state index in [1.807, 2.05) is 13.8 Å². The summed E-state index contributed by atoms with van der Waals surface area (Å²) in [4.78, 5) is 24.8. The first-order valence-corrected chi connectivity index (χ1v) is 9.65. The van der Waals surface area contributed by atoms with Crippen molar-refractivity contribution < 1.29 is 22.7 Å². The molecule has 10 heteroatoms. The SMILES string of the molecule is CCc1[nH]c(C)c(C)c(=O)c1/C=N/OC(C)(CC)Oc1ncc(C(F)(F)F)cc1Cl. The van der Waals surface area contributed by atoms with Crippen LogP contribution in [-0.2, 0) is 17.4 Å². The lowest BCUT2D eigenvalue weighted by Gasteiger charge is -2.26. The van der Waals surface area contributed by atoms with Gasteiger partial charge in [0.15, 0.2) is 5.43 Å². The number of hydrogen-bond acceptors (Lipinski definition) is 5. The van der Waals surface area contributed by atoms with E-state index in [0.29, 0.717) is 29.4 Å². The number of alkyl halides is 3. The third kappa shape index (κ3) is 5.33. The number of H-pyrrole nitrogens is 1. The highest BCUT2D eigenvalue weighted by Gasteiger charge is 2.33. The molecule has 2 heterocycles. The van der Waals surface area contributed by atoms with Crippen LogP contribution in [0.3, 0.4) is 0 Å². The van der Waals surface area contributed by atoms with Crippen LogP contribution in [0, 0.1) is 13.8 Å². The van der Waals surface area contributed by atoms with Crippen molar-refractivity contribution in [3.8, 4) is 5.88 Å². The molecule has 6 nitrogen and oxygen atoms in total. The van der Waals surface area contributed by atoms with Crippen molar-refractivity contribution in [2.24, 2.45) is 5.16 Å². The van der Waals surface area contributed by atoms with E-state index < -0.39 is 17.5 Å². The van der Waals surface area contributed by atoms with Crippen LogP contribution in [0.4, 0.5) is 13.2 Å². The smallest absolute Gasteiger partial charge is 0.417 e. The molecule has 1 atom stereocenters. The Labute approximate surface area is 177 Å². The van der Waals surface area contributed by atoms with Gasteiger partial charge in [0.05, 0.1) is 17.3 Å². The zero-order valence-corrected chi connectivity index (χ0v) is 18.0. The summed E-state index contributed by atoms with van der Waals surface area (Å²) in [6.07, 6.45) is -1.79. The molecule has 0 aromatic carbocycles. The molecule has 0 bridgehead atoms. The first kappa shape index (κ1) is 23.7. The minimum atomic E-state index is -4.57. The maximum Gasteiger partial charge on any atom is 0.417 e. The Morgan fingerprint density at radius 1 is 1.30 bits per heavy atom. The molecule has 0 saturated carbocycles. The number of pyridine rings is 2. The normalized spacial score (nSPS) is 14.0. The van der Waals surface area contributed by atoms with Gasteiger partial charge in [0, 0.05) is 36.5 Å². The van der Waals surface area contributed by atoms with E-state index in [1.165, 1.54) is 13.1 Å². The Kier molecular flexibility index (Phi) is 7.18. The van der Waals surface area contributed by atoms with E-state index >= 15 is 0 Å². The van der Waals surface area contributed by atoms with Crippen LogP contribution in [0.2, 0.25) is 5.02 Å². The summed E-state index contributed by atoms with van der Waals surface area (Å²) < 4.78 is 43.9. The van der Waals surface area contributed by atoms with E-state index in [9.17, 15) is 18.0 Å². The zero-order chi connectivity index (χ0) is 22.7. The van der Waals surface area contributed by atoms with Crippen molar-refractivity contribution in [3.05, 3.63) is 55.6 Å². The Morgan fingerprint density at radius 3 is 2.50 bits per heavy atom. The summed E-state index contributed by atoms with van der Waals surface area (Å²) in [5, 5.41) is 3.58. The predicted molar refractivity (Wildman–Crippen MR) is 108 cm³/mol. The van der Waals surface area contributed by atoms with E-state index in [4.69, 9.17) is 21.2 Å². The zero-order valence-electron chi connectivity index (χ0n) is 17.3. The summed E-state index contributed by atoms with van der Waals surface area (Å²) in [6.45, 7) is 8.69. The van der Waals surface area contributed by atoms with Crippen molar-refractivity contribution in [1.82, 2.24) is 9.97 Å². The average Bonchev–Trinajstić information content (AvgIpc) is 2.68. The highest BCUT2D eigenvalue weighted by atomic mass is 35.5. The molecule has 1 N–H and O–H groups in total. The fraction of sp³-hybridized carbons (Fsp3) is 0.450. The lowest BCUT2D eigenvalue weighted by atomic mass is 10.1. The molecular weight excluding hydrogens is 423 g/mol. The van der Waals surface area contributed by atoms with Crippen LogP contribution in [0.1, 0.15) is 55.3 Å². The Hall–Kier alpha value is -2.55. The van der Waals surface area contributed by atoms with Crippen LogP contribution in [0.15, 0.2) is 22.2 Å². The van der Waals surface area contributed by atoms with Gasteiger partial charge in [-0.15, -0.1) is 0 Å². The second-order valence-corrected chi connectivity index (χ2v) is 7.28. The summed E-state index contributed by atoms with van der Waals surface area (Å²) in [5.41, 5.74) is 1.27. The number of ether oxygens (including phenoxy) is 1. The Balaban J connectivity index is 2.25. The van der Waals surface area contributed by atoms with Crippen LogP contribution in [-0.4, -0.2) is 22.0 Å². The molecule has 0 spiro atoms. The van der Waals surface area contributed by atoms with Gasteiger partial charge in [-0.3, -0.25) is 4.79 Å². The van der Waals surface area contributed by atoms with Gasteiger partial charge >= 0.3 is 6.18 Å². The number of aromatic nitrogens is 2. The Bertz CT molecular complexity index is 1010. The van der Waals surface area contributed by atoms with Crippen molar-refractivity contribution >= 4 is 17.8 Å². The van der Waals surface area contributed by atoms with Gasteiger partial charge in [-0.05, 0) is 26.3 Å². The van der Waals surface area contributed by atoms with Gasteiger partial charge in [0.25, 0.3) is 5.79 Å². The standard InChI is InChI=1S/C20H23ClF3N3O3/c1-6-16-14(17(28)11(3)12(4)27-16)10-26-30-19(5,7-2)29-18-15(21)8-13(9-25-18)20(22,23)24/h8-10H,6-7H2,1-5H3,(H,27,28)/b26-10+. The van der Waals surface area contributed by atoms with Crippen molar-refractivity contribution in [3.63, 3.8) is 0 Å². The summed E-state index contributed by atoms with van der Waals surface area (Å²) in [5.74, 6) is -1.59. The lowest BCUT2D eigenvalue weighted by Crippen LogP contribution is -2.34. The van der Waals surface area contributed by atoms with Gasteiger partial charge in [0.1, 0.15) is 5.02 Å². The Morgan fingerprint density at radius 2 is 1.97 bits per heavy atom. The minimum Gasteiger partial charge on any atom is -0.432 e.